The number of ether oxygens (including phenoxy) is 2. The molecule has 1 atom stereocenters. The molecule has 0 radical (unpaired) electrons. The van der Waals surface area contributed by atoms with Gasteiger partial charge in [-0.15, -0.1) is 0 Å². The average Bonchev–Trinajstić information content (AvgIpc) is 2.55. The average molecular weight is 364 g/mol. The molecule has 0 aliphatic heterocycles. The molecule has 0 heterocycles. The molecule has 6 heteroatoms. The van der Waals surface area contributed by atoms with Crippen molar-refractivity contribution in [1.82, 2.24) is 0 Å². The van der Waals surface area contributed by atoms with Gasteiger partial charge in [-0.05, 0) is 48.5 Å². The maximum absolute atomic E-state index is 11.9. The smallest absolute Gasteiger partial charge is 0.239 e. The topological polar surface area (TPSA) is 78.6 Å². The Morgan fingerprint density at radius 1 is 0.955 bits per heavy atom. The van der Waals surface area contributed by atoms with E-state index in [-0.39, 0.29) is 5.78 Å². The van der Waals surface area contributed by atoms with E-state index in [0.29, 0.717) is 17.1 Å². The van der Waals surface area contributed by atoms with Crippen LogP contribution >= 0.6 is 15.9 Å². The number of rotatable bonds is 6. The van der Waals surface area contributed by atoms with Crippen LogP contribution in [0.2, 0.25) is 0 Å². The van der Waals surface area contributed by atoms with E-state index in [2.05, 4.69) is 15.9 Å². The van der Waals surface area contributed by atoms with Crippen LogP contribution in [0.5, 0.6) is 17.2 Å². The van der Waals surface area contributed by atoms with E-state index >= 15 is 0 Å². The maximum atomic E-state index is 11.9. The van der Waals surface area contributed by atoms with E-state index < -0.39 is 10.7 Å². The molecule has 5 nitrogen and oxygen atoms in total. The number of amides is 1. The summed E-state index contributed by atoms with van der Waals surface area (Å²) in [5.74, 6) is 0.859. The molecule has 2 aromatic rings. The maximum Gasteiger partial charge on any atom is 0.239 e. The number of alkyl halides is 1. The predicted octanol–water partition coefficient (Wildman–Crippen LogP) is 2.92. The van der Waals surface area contributed by atoms with Crippen LogP contribution in [0.1, 0.15) is 10.4 Å². The minimum atomic E-state index is -1.03. The van der Waals surface area contributed by atoms with Crippen LogP contribution in [0.15, 0.2) is 48.5 Å². The molecular weight excluding hydrogens is 350 g/mol. The van der Waals surface area contributed by atoms with Gasteiger partial charge >= 0.3 is 0 Å². The van der Waals surface area contributed by atoms with E-state index in [4.69, 9.17) is 15.2 Å². The molecule has 2 aromatic carbocycles. The summed E-state index contributed by atoms with van der Waals surface area (Å²) in [4.78, 5) is 21.9. The van der Waals surface area contributed by atoms with E-state index in [1.807, 2.05) is 0 Å². The van der Waals surface area contributed by atoms with Crippen LogP contribution < -0.4 is 15.2 Å². The first-order valence-electron chi connectivity index (χ1n) is 6.41. The van der Waals surface area contributed by atoms with Gasteiger partial charge in [0.1, 0.15) is 17.2 Å². The van der Waals surface area contributed by atoms with Crippen LogP contribution in [0.25, 0.3) is 0 Å². The lowest BCUT2D eigenvalue weighted by Crippen LogP contribution is -2.30. The summed E-state index contributed by atoms with van der Waals surface area (Å²) in [5.41, 5.74) is 5.47. The van der Waals surface area contributed by atoms with Gasteiger partial charge in [-0.25, -0.2) is 0 Å². The van der Waals surface area contributed by atoms with Gasteiger partial charge in [-0.2, -0.15) is 0 Å². The number of nitrogens with two attached hydrogens (primary N) is 1. The second-order valence-electron chi connectivity index (χ2n) is 4.43. The quantitative estimate of drug-likeness (QED) is 0.486. The van der Waals surface area contributed by atoms with E-state index in [1.165, 1.54) is 0 Å². The lowest BCUT2D eigenvalue weighted by atomic mass is 10.1. The van der Waals surface area contributed by atoms with Gasteiger partial charge in [-0.3, -0.25) is 9.59 Å². The molecule has 2 N–H and O–H groups in total. The van der Waals surface area contributed by atoms with Gasteiger partial charge in [0.2, 0.25) is 5.91 Å². The third kappa shape index (κ3) is 3.85. The highest BCUT2D eigenvalue weighted by Gasteiger charge is 2.22. The first-order chi connectivity index (χ1) is 10.5. The van der Waals surface area contributed by atoms with E-state index in [0.717, 1.165) is 5.75 Å². The van der Waals surface area contributed by atoms with Crippen LogP contribution in [-0.4, -0.2) is 23.6 Å². The molecule has 0 aliphatic rings. The Morgan fingerprint density at radius 3 is 1.86 bits per heavy atom. The first kappa shape index (κ1) is 16.0. The minimum Gasteiger partial charge on any atom is -0.497 e. The molecular formula is C16H14BrNO4. The number of ketones is 1. The summed E-state index contributed by atoms with van der Waals surface area (Å²) in [5, 5.41) is 0. The molecule has 0 aliphatic carbocycles. The number of methoxy groups -OCH3 is 1. The Labute approximate surface area is 136 Å². The summed E-state index contributed by atoms with van der Waals surface area (Å²) in [7, 11) is 1.59. The molecule has 22 heavy (non-hydrogen) atoms. The molecule has 1 unspecified atom stereocenters. The summed E-state index contributed by atoms with van der Waals surface area (Å²) in [6, 6.07) is 13.6. The molecule has 0 spiro atoms. The lowest BCUT2D eigenvalue weighted by Gasteiger charge is -2.08. The normalized spacial score (nSPS) is 11.5. The fourth-order valence-corrected chi connectivity index (χ4v) is 2.01. The van der Waals surface area contributed by atoms with Gasteiger partial charge in [0, 0.05) is 5.56 Å². The number of carbonyl (C=O) groups is 2. The number of hydrogen-bond donors (Lipinski definition) is 1. The summed E-state index contributed by atoms with van der Waals surface area (Å²) >= 11 is 2.96. The standard InChI is InChI=1S/C16H14BrNO4/c1-21-11-6-8-13(9-7-11)22-12-4-2-10(3-5-12)15(19)14(17)16(18)20/h2-9,14H,1H3,(H2,18,20). The van der Waals surface area contributed by atoms with Gasteiger partial charge in [0.25, 0.3) is 0 Å². The largest absolute Gasteiger partial charge is 0.497 e. The SMILES string of the molecule is COc1ccc(Oc2ccc(C(=O)C(Br)C(N)=O)cc2)cc1. The Bertz CT molecular complexity index is 668. The predicted molar refractivity (Wildman–Crippen MR) is 85.7 cm³/mol. The number of carbonyl (C=O) groups excluding carboxylic acids is 2. The number of primary amides is 1. The summed E-state index contributed by atoms with van der Waals surface area (Å²) in [6.45, 7) is 0. The van der Waals surface area contributed by atoms with Gasteiger partial charge < -0.3 is 15.2 Å². The third-order valence-corrected chi connectivity index (χ3v) is 3.78. The Hall–Kier alpha value is -2.34. The van der Waals surface area contributed by atoms with E-state index in [9.17, 15) is 9.59 Å². The number of halogens is 1. The number of Topliss-reactive ketones (excluding diaryl/α,β-unsaturated/α-hetero) is 1. The highest BCUT2D eigenvalue weighted by Crippen LogP contribution is 2.24. The van der Waals surface area contributed by atoms with Crippen LogP contribution in [0, 0.1) is 0 Å². The van der Waals surface area contributed by atoms with Crippen LogP contribution in [-0.2, 0) is 4.79 Å². The van der Waals surface area contributed by atoms with Crippen molar-refractivity contribution in [3.63, 3.8) is 0 Å². The fraction of sp³-hybridized carbons (Fsp3) is 0.125. The molecule has 0 saturated carbocycles. The van der Waals surface area contributed by atoms with Crippen molar-refractivity contribution in [3.05, 3.63) is 54.1 Å². The van der Waals surface area contributed by atoms with Gasteiger partial charge in [0.15, 0.2) is 10.6 Å². The highest BCUT2D eigenvalue weighted by atomic mass is 79.9. The Balaban J connectivity index is 2.08. The minimum absolute atomic E-state index is 0.378. The zero-order valence-corrected chi connectivity index (χ0v) is 13.4. The van der Waals surface area contributed by atoms with Crippen molar-refractivity contribution in [2.45, 2.75) is 4.83 Å². The van der Waals surface area contributed by atoms with E-state index in [1.54, 1.807) is 55.6 Å². The van der Waals surface area contributed by atoms with Gasteiger partial charge in [0.05, 0.1) is 7.11 Å². The second-order valence-corrected chi connectivity index (χ2v) is 5.35. The van der Waals surface area contributed by atoms with Crippen molar-refractivity contribution in [2.24, 2.45) is 5.73 Å². The van der Waals surface area contributed by atoms with Crippen LogP contribution in [0.3, 0.4) is 0 Å². The van der Waals surface area contributed by atoms with Crippen molar-refractivity contribution < 1.29 is 19.1 Å². The molecule has 0 fully saturated rings. The molecule has 0 bridgehead atoms. The molecule has 114 valence electrons. The zero-order valence-electron chi connectivity index (χ0n) is 11.8. The molecule has 2 rings (SSSR count). The van der Waals surface area contributed by atoms with Crippen molar-refractivity contribution >= 4 is 27.6 Å². The van der Waals surface area contributed by atoms with Crippen molar-refractivity contribution in [1.29, 1.82) is 0 Å². The van der Waals surface area contributed by atoms with Gasteiger partial charge in [-0.1, -0.05) is 15.9 Å². The third-order valence-electron chi connectivity index (χ3n) is 2.91. The molecule has 1 amide bonds. The Morgan fingerprint density at radius 2 is 1.41 bits per heavy atom. The summed E-state index contributed by atoms with van der Waals surface area (Å²) in [6.07, 6.45) is 0. The second kappa shape index (κ2) is 7.09. The van der Waals surface area contributed by atoms with Crippen molar-refractivity contribution in [2.75, 3.05) is 7.11 Å². The van der Waals surface area contributed by atoms with Crippen molar-refractivity contribution in [3.8, 4) is 17.2 Å². The molecule has 0 saturated heterocycles. The number of hydrogen-bond acceptors (Lipinski definition) is 4. The fourth-order valence-electron chi connectivity index (χ4n) is 1.74. The molecule has 0 aromatic heterocycles. The highest BCUT2D eigenvalue weighted by molar-refractivity contribution is 9.10. The summed E-state index contributed by atoms with van der Waals surface area (Å²) < 4.78 is 10.7. The zero-order chi connectivity index (χ0) is 16.1. The monoisotopic (exact) mass is 363 g/mol. The Kier molecular flexibility index (Phi) is 5.16. The first-order valence-corrected chi connectivity index (χ1v) is 7.32. The number of benzene rings is 2. The lowest BCUT2D eigenvalue weighted by molar-refractivity contribution is -0.116. The van der Waals surface area contributed by atoms with Crippen LogP contribution in [0.4, 0.5) is 0 Å².